The summed E-state index contributed by atoms with van der Waals surface area (Å²) < 4.78 is 6.27. The molecule has 1 aromatic heterocycles. The van der Waals surface area contributed by atoms with Crippen molar-refractivity contribution in [2.24, 2.45) is 0 Å². The highest BCUT2D eigenvalue weighted by Gasteiger charge is 2.41. The normalized spacial score (nSPS) is 20.2. The fourth-order valence-corrected chi connectivity index (χ4v) is 4.65. The summed E-state index contributed by atoms with van der Waals surface area (Å²) in [4.78, 5) is 16.3. The maximum Gasteiger partial charge on any atom is 0.223 e. The molecule has 0 fully saturated rings. The summed E-state index contributed by atoms with van der Waals surface area (Å²) in [6.45, 7) is 11.8. The van der Waals surface area contributed by atoms with Crippen molar-refractivity contribution in [2.45, 2.75) is 64.8 Å². The molecule has 0 saturated carbocycles. The van der Waals surface area contributed by atoms with Crippen molar-refractivity contribution in [3.8, 4) is 0 Å². The van der Waals surface area contributed by atoms with E-state index in [4.69, 9.17) is 4.74 Å². The van der Waals surface area contributed by atoms with Gasteiger partial charge in [-0.05, 0) is 30.4 Å². The summed E-state index contributed by atoms with van der Waals surface area (Å²) in [6.07, 6.45) is 3.88. The molecule has 0 radical (unpaired) electrons. The average Bonchev–Trinajstić information content (AvgIpc) is 2.99. The van der Waals surface area contributed by atoms with Gasteiger partial charge in [0, 0.05) is 17.1 Å². The lowest BCUT2D eigenvalue weighted by atomic mass is 9.86. The van der Waals surface area contributed by atoms with Gasteiger partial charge in [-0.2, -0.15) is 0 Å². The molecule has 1 aromatic carbocycles. The van der Waals surface area contributed by atoms with Crippen LogP contribution in [-0.2, 0) is 28.0 Å². The van der Waals surface area contributed by atoms with E-state index in [1.807, 2.05) is 0 Å². The van der Waals surface area contributed by atoms with Crippen LogP contribution in [0.15, 0.2) is 18.2 Å². The van der Waals surface area contributed by atoms with Gasteiger partial charge >= 0.3 is 0 Å². The third-order valence-electron chi connectivity index (χ3n) is 5.43. The Morgan fingerprint density at radius 1 is 1.31 bits per heavy atom. The number of fused-ring (bicyclic) bond motifs is 3. The highest BCUT2D eigenvalue weighted by atomic mass is 28.3. The predicted molar refractivity (Wildman–Crippen MR) is 110 cm³/mol. The number of rotatable bonds is 6. The first-order chi connectivity index (χ1) is 12.3. The molecule has 3 rings (SSSR count). The smallest absolute Gasteiger partial charge is 0.223 e. The highest BCUT2D eigenvalue weighted by molar-refractivity contribution is 6.76. The molecule has 1 amide bonds. The topological polar surface area (TPSA) is 54.1 Å². The van der Waals surface area contributed by atoms with Gasteiger partial charge in [0.05, 0.1) is 26.8 Å². The van der Waals surface area contributed by atoms with E-state index in [0.29, 0.717) is 13.0 Å². The Labute approximate surface area is 157 Å². The molecule has 5 heteroatoms. The third-order valence-corrected chi connectivity index (χ3v) is 6.67. The fourth-order valence-electron chi connectivity index (χ4n) is 3.93. The van der Waals surface area contributed by atoms with Crippen molar-refractivity contribution in [2.75, 3.05) is 12.8 Å². The van der Waals surface area contributed by atoms with Crippen molar-refractivity contribution in [1.82, 2.24) is 10.3 Å². The largest absolute Gasteiger partial charge is 0.368 e. The van der Waals surface area contributed by atoms with Gasteiger partial charge in [0.2, 0.25) is 5.91 Å². The van der Waals surface area contributed by atoms with Gasteiger partial charge in [-0.25, -0.2) is 0 Å². The molecule has 1 unspecified atom stereocenters. The third kappa shape index (κ3) is 3.60. The van der Waals surface area contributed by atoms with Crippen LogP contribution in [0.4, 0.5) is 0 Å². The van der Waals surface area contributed by atoms with E-state index in [2.05, 4.69) is 62.0 Å². The Balaban J connectivity index is 1.96. The zero-order chi connectivity index (χ0) is 18.9. The maximum absolute atomic E-state index is 12.7. The minimum Gasteiger partial charge on any atom is -0.368 e. The minimum atomic E-state index is -1.31. The zero-order valence-electron chi connectivity index (χ0n) is 16.8. The van der Waals surface area contributed by atoms with Gasteiger partial charge in [-0.15, -0.1) is 0 Å². The van der Waals surface area contributed by atoms with E-state index < -0.39 is 13.7 Å². The van der Waals surface area contributed by atoms with Crippen LogP contribution in [0.2, 0.25) is 19.6 Å². The van der Waals surface area contributed by atoms with E-state index in [-0.39, 0.29) is 5.91 Å². The molecule has 142 valence electrons. The molecule has 0 bridgehead atoms. The van der Waals surface area contributed by atoms with Crippen LogP contribution in [0.5, 0.6) is 0 Å². The molecular weight excluding hydrogens is 340 g/mol. The van der Waals surface area contributed by atoms with Crippen LogP contribution in [0.1, 0.15) is 43.5 Å². The van der Waals surface area contributed by atoms with E-state index in [1.165, 1.54) is 22.0 Å². The van der Waals surface area contributed by atoms with Crippen molar-refractivity contribution in [3.63, 3.8) is 0 Å². The molecule has 2 N–H and O–H groups in total. The van der Waals surface area contributed by atoms with Crippen LogP contribution in [0.25, 0.3) is 10.9 Å². The number of aromatic amines is 1. The lowest BCUT2D eigenvalue weighted by molar-refractivity contribution is -0.132. The van der Waals surface area contributed by atoms with E-state index in [0.717, 1.165) is 31.1 Å². The Morgan fingerprint density at radius 3 is 2.73 bits per heavy atom. The predicted octanol–water partition coefficient (Wildman–Crippen LogP) is 4.29. The highest BCUT2D eigenvalue weighted by Crippen LogP contribution is 2.42. The molecule has 2 aromatic rings. The van der Waals surface area contributed by atoms with Crippen LogP contribution in [0, 0.1) is 0 Å². The number of benzene rings is 1. The number of hydrogen-bond acceptors (Lipinski definition) is 2. The second kappa shape index (κ2) is 7.20. The van der Waals surface area contributed by atoms with Crippen LogP contribution in [0.3, 0.4) is 0 Å². The summed E-state index contributed by atoms with van der Waals surface area (Å²) in [5, 5.41) is 4.44. The number of ether oxygens (including phenoxy) is 1. The first-order valence-corrected chi connectivity index (χ1v) is 13.5. The lowest BCUT2D eigenvalue weighted by Crippen LogP contribution is -2.44. The van der Waals surface area contributed by atoms with Crippen LogP contribution in [-0.4, -0.2) is 31.7 Å². The maximum atomic E-state index is 12.7. The van der Waals surface area contributed by atoms with E-state index in [9.17, 15) is 4.79 Å². The fraction of sp³-hybridized carbons (Fsp3) is 0.571. The van der Waals surface area contributed by atoms with Gasteiger partial charge in [0.15, 0.2) is 0 Å². The Kier molecular flexibility index (Phi) is 5.31. The number of carbonyl (C=O) groups excluding carboxylic acids is 1. The molecule has 2 heterocycles. The molecule has 1 aliphatic heterocycles. The monoisotopic (exact) mass is 372 g/mol. The van der Waals surface area contributed by atoms with Gasteiger partial charge in [-0.1, -0.05) is 51.7 Å². The van der Waals surface area contributed by atoms with E-state index in [1.54, 1.807) is 0 Å². The van der Waals surface area contributed by atoms with Crippen LogP contribution < -0.4 is 5.32 Å². The molecule has 0 saturated heterocycles. The molecule has 1 atom stereocenters. The molecule has 0 spiro atoms. The Morgan fingerprint density at radius 2 is 2.08 bits per heavy atom. The van der Waals surface area contributed by atoms with E-state index >= 15 is 0 Å². The molecule has 4 nitrogen and oxygen atoms in total. The first-order valence-electron chi connectivity index (χ1n) is 9.83. The van der Waals surface area contributed by atoms with Gasteiger partial charge in [0.1, 0.15) is 5.60 Å². The van der Waals surface area contributed by atoms with Gasteiger partial charge in [-0.3, -0.25) is 4.79 Å². The number of H-pyrrole nitrogens is 1. The number of carbonyl (C=O) groups is 1. The first kappa shape index (κ1) is 19.2. The quantitative estimate of drug-likeness (QED) is 0.743. The molecular formula is C21H32N2O2Si. The van der Waals surface area contributed by atoms with Crippen molar-refractivity contribution in [1.29, 1.82) is 0 Å². The number of hydrogen-bond donors (Lipinski definition) is 2. The van der Waals surface area contributed by atoms with Crippen LogP contribution >= 0.6 is 0 Å². The van der Waals surface area contributed by atoms with Gasteiger partial charge in [0.25, 0.3) is 0 Å². The summed E-state index contributed by atoms with van der Waals surface area (Å²) in [6, 6.07) is 6.51. The minimum absolute atomic E-state index is 0.0940. The van der Waals surface area contributed by atoms with Crippen molar-refractivity contribution < 1.29 is 9.53 Å². The number of nitrogens with one attached hydrogen (secondary N) is 2. The molecule has 1 aliphatic rings. The average molecular weight is 373 g/mol. The molecule has 26 heavy (non-hydrogen) atoms. The molecule has 0 aliphatic carbocycles. The number of para-hydroxylation sites is 1. The number of aromatic nitrogens is 1. The standard InChI is InChI=1S/C21H32N2O2Si/c1-6-15-9-8-10-16-17-11-12-25-21(7-2,20(17)23-19(15)16)13-18(24)22-14-26(3,4)5/h8-10,23H,6-7,11-14H2,1-5H3,(H,22,24). The lowest BCUT2D eigenvalue weighted by Gasteiger charge is -2.36. The summed E-state index contributed by atoms with van der Waals surface area (Å²) in [7, 11) is -1.31. The summed E-state index contributed by atoms with van der Waals surface area (Å²) in [5.41, 5.74) is 4.45. The number of aryl methyl sites for hydroxylation is 1. The second-order valence-corrected chi connectivity index (χ2v) is 14.1. The Bertz CT molecular complexity index is 806. The summed E-state index contributed by atoms with van der Waals surface area (Å²) in [5.74, 6) is 0.0940. The number of amides is 1. The van der Waals surface area contributed by atoms with Crippen molar-refractivity contribution >= 4 is 24.9 Å². The van der Waals surface area contributed by atoms with Gasteiger partial charge < -0.3 is 15.0 Å². The SMILES string of the molecule is CCc1cccc2c3c([nH]c12)C(CC)(CC(=O)NC[Si](C)(C)C)OCC3. The Hall–Kier alpha value is -1.59. The zero-order valence-corrected chi connectivity index (χ0v) is 17.8. The van der Waals surface area contributed by atoms with Crippen molar-refractivity contribution in [3.05, 3.63) is 35.0 Å². The summed E-state index contributed by atoms with van der Waals surface area (Å²) >= 11 is 0. The second-order valence-electron chi connectivity index (χ2n) is 8.63.